The summed E-state index contributed by atoms with van der Waals surface area (Å²) in [6, 6.07) is 13.0. The van der Waals surface area contributed by atoms with E-state index in [9.17, 15) is 5.11 Å². The SMILES string of the molecule is Cc1ccccc1-c1nc(-c2ccc(OCC3(C)CC3)c(O)c2)no1. The third-order valence-electron chi connectivity index (χ3n) is 4.70. The number of nitrogens with zero attached hydrogens (tertiary/aromatic N) is 2. The summed E-state index contributed by atoms with van der Waals surface area (Å²) in [5, 5.41) is 14.3. The highest BCUT2D eigenvalue weighted by atomic mass is 16.5. The molecule has 128 valence electrons. The Balaban J connectivity index is 1.56. The minimum absolute atomic E-state index is 0.0870. The molecule has 0 atom stereocenters. The van der Waals surface area contributed by atoms with Crippen molar-refractivity contribution in [2.75, 3.05) is 6.61 Å². The number of aryl methyl sites for hydroxylation is 1. The molecule has 3 aromatic rings. The van der Waals surface area contributed by atoms with Crippen LogP contribution in [0.3, 0.4) is 0 Å². The lowest BCUT2D eigenvalue weighted by Crippen LogP contribution is -2.08. The molecule has 5 heteroatoms. The number of phenols is 1. The van der Waals surface area contributed by atoms with E-state index in [1.165, 1.54) is 12.8 Å². The van der Waals surface area contributed by atoms with E-state index in [1.54, 1.807) is 12.1 Å². The molecule has 2 aromatic carbocycles. The quantitative estimate of drug-likeness (QED) is 0.737. The monoisotopic (exact) mass is 336 g/mol. The van der Waals surface area contributed by atoms with Crippen molar-refractivity contribution in [1.29, 1.82) is 0 Å². The normalized spacial score (nSPS) is 15.1. The van der Waals surface area contributed by atoms with E-state index in [0.717, 1.165) is 11.1 Å². The van der Waals surface area contributed by atoms with Gasteiger partial charge in [0.15, 0.2) is 11.5 Å². The van der Waals surface area contributed by atoms with Crippen LogP contribution in [0.15, 0.2) is 47.0 Å². The second-order valence-electron chi connectivity index (χ2n) is 7.02. The Morgan fingerprint density at radius 2 is 2.00 bits per heavy atom. The molecule has 1 aliphatic rings. The van der Waals surface area contributed by atoms with Crippen LogP contribution in [0.1, 0.15) is 25.3 Å². The highest BCUT2D eigenvalue weighted by molar-refractivity contribution is 5.64. The zero-order valence-electron chi connectivity index (χ0n) is 14.3. The van der Waals surface area contributed by atoms with Gasteiger partial charge >= 0.3 is 0 Å². The molecule has 1 aromatic heterocycles. The standard InChI is InChI=1S/C20H20N2O3/c1-13-5-3-4-6-15(13)19-21-18(22-25-19)14-7-8-17(16(23)11-14)24-12-20(2)9-10-20/h3-8,11,23H,9-10,12H2,1-2H3. The van der Waals surface area contributed by atoms with E-state index in [2.05, 4.69) is 17.1 Å². The van der Waals surface area contributed by atoms with Gasteiger partial charge in [0.2, 0.25) is 5.82 Å². The highest BCUT2D eigenvalue weighted by Crippen LogP contribution is 2.45. The lowest BCUT2D eigenvalue weighted by atomic mass is 10.1. The second-order valence-corrected chi connectivity index (χ2v) is 7.02. The van der Waals surface area contributed by atoms with Gasteiger partial charge in [0.25, 0.3) is 5.89 Å². The summed E-state index contributed by atoms with van der Waals surface area (Å²) in [5.41, 5.74) is 2.92. The van der Waals surface area contributed by atoms with Crippen LogP contribution in [0.5, 0.6) is 11.5 Å². The fourth-order valence-electron chi connectivity index (χ4n) is 2.65. The van der Waals surface area contributed by atoms with Crippen LogP contribution in [0, 0.1) is 12.3 Å². The van der Waals surface area contributed by atoms with E-state index in [-0.39, 0.29) is 11.2 Å². The van der Waals surface area contributed by atoms with Crippen molar-refractivity contribution in [3.05, 3.63) is 48.0 Å². The van der Waals surface area contributed by atoms with Crippen molar-refractivity contribution in [1.82, 2.24) is 10.1 Å². The average Bonchev–Trinajstić information content (AvgIpc) is 3.15. The summed E-state index contributed by atoms with van der Waals surface area (Å²) < 4.78 is 11.1. The Morgan fingerprint density at radius 3 is 2.72 bits per heavy atom. The summed E-state index contributed by atoms with van der Waals surface area (Å²) in [6.45, 7) is 4.81. The molecule has 0 amide bonds. The van der Waals surface area contributed by atoms with Crippen molar-refractivity contribution in [2.45, 2.75) is 26.7 Å². The molecule has 1 aliphatic carbocycles. The molecule has 0 unspecified atom stereocenters. The molecular formula is C20H20N2O3. The Kier molecular flexibility index (Phi) is 3.71. The molecule has 0 aliphatic heterocycles. The molecule has 5 nitrogen and oxygen atoms in total. The molecule has 0 bridgehead atoms. The molecule has 1 N–H and O–H groups in total. The highest BCUT2D eigenvalue weighted by Gasteiger charge is 2.38. The number of ether oxygens (including phenoxy) is 1. The molecule has 25 heavy (non-hydrogen) atoms. The molecular weight excluding hydrogens is 316 g/mol. The van der Waals surface area contributed by atoms with Gasteiger partial charge in [-0.1, -0.05) is 30.3 Å². The van der Waals surface area contributed by atoms with Gasteiger partial charge in [-0.15, -0.1) is 0 Å². The third kappa shape index (κ3) is 3.22. The number of benzene rings is 2. The molecule has 0 saturated heterocycles. The van der Waals surface area contributed by atoms with Gasteiger partial charge in [-0.25, -0.2) is 0 Å². The van der Waals surface area contributed by atoms with Crippen molar-refractivity contribution in [3.8, 4) is 34.3 Å². The summed E-state index contributed by atoms with van der Waals surface area (Å²) >= 11 is 0. The van der Waals surface area contributed by atoms with Gasteiger partial charge in [0.05, 0.1) is 6.61 Å². The minimum atomic E-state index is 0.0870. The van der Waals surface area contributed by atoms with E-state index in [4.69, 9.17) is 9.26 Å². The first-order chi connectivity index (χ1) is 12.0. The summed E-state index contributed by atoms with van der Waals surface area (Å²) in [7, 11) is 0. The van der Waals surface area contributed by atoms with Gasteiger partial charge in [-0.05, 0) is 49.6 Å². The molecule has 0 spiro atoms. The van der Waals surface area contributed by atoms with E-state index in [0.29, 0.717) is 29.6 Å². The van der Waals surface area contributed by atoms with Crippen LogP contribution >= 0.6 is 0 Å². The van der Waals surface area contributed by atoms with E-state index in [1.807, 2.05) is 37.3 Å². The number of hydrogen-bond acceptors (Lipinski definition) is 5. The van der Waals surface area contributed by atoms with Gasteiger partial charge < -0.3 is 14.4 Å². The Labute approximate surface area is 146 Å². The first-order valence-corrected chi connectivity index (χ1v) is 8.40. The summed E-state index contributed by atoms with van der Waals surface area (Å²) in [5.74, 6) is 1.48. The predicted molar refractivity (Wildman–Crippen MR) is 94.4 cm³/mol. The van der Waals surface area contributed by atoms with Crippen molar-refractivity contribution < 1.29 is 14.4 Å². The van der Waals surface area contributed by atoms with Gasteiger partial charge in [0.1, 0.15) is 0 Å². The lowest BCUT2D eigenvalue weighted by molar-refractivity contribution is 0.238. The van der Waals surface area contributed by atoms with Crippen molar-refractivity contribution >= 4 is 0 Å². The number of aromatic hydroxyl groups is 1. The van der Waals surface area contributed by atoms with Crippen molar-refractivity contribution in [2.24, 2.45) is 5.41 Å². The third-order valence-corrected chi connectivity index (χ3v) is 4.70. The molecule has 1 heterocycles. The first-order valence-electron chi connectivity index (χ1n) is 8.40. The minimum Gasteiger partial charge on any atom is -0.504 e. The van der Waals surface area contributed by atoms with Gasteiger partial charge in [0, 0.05) is 16.5 Å². The number of hydrogen-bond donors (Lipinski definition) is 1. The fraction of sp³-hybridized carbons (Fsp3) is 0.300. The van der Waals surface area contributed by atoms with Crippen LogP contribution in [0.4, 0.5) is 0 Å². The summed E-state index contributed by atoms with van der Waals surface area (Å²) in [6.07, 6.45) is 2.35. The molecule has 4 rings (SSSR count). The molecule has 1 fully saturated rings. The Morgan fingerprint density at radius 1 is 1.20 bits per heavy atom. The molecule has 1 saturated carbocycles. The zero-order chi connectivity index (χ0) is 17.4. The van der Waals surface area contributed by atoms with Crippen LogP contribution < -0.4 is 4.74 Å². The smallest absolute Gasteiger partial charge is 0.258 e. The molecule has 0 radical (unpaired) electrons. The van der Waals surface area contributed by atoms with E-state index >= 15 is 0 Å². The predicted octanol–water partition coefficient (Wildman–Crippen LogP) is 4.60. The van der Waals surface area contributed by atoms with Gasteiger partial charge in [-0.3, -0.25) is 0 Å². The van der Waals surface area contributed by atoms with Gasteiger partial charge in [-0.2, -0.15) is 4.98 Å². The number of rotatable bonds is 5. The maximum atomic E-state index is 10.2. The van der Waals surface area contributed by atoms with Crippen LogP contribution in [0.2, 0.25) is 0 Å². The Hall–Kier alpha value is -2.82. The number of phenolic OH excluding ortho intramolecular Hbond substituents is 1. The topological polar surface area (TPSA) is 68.4 Å². The lowest BCUT2D eigenvalue weighted by Gasteiger charge is -2.12. The zero-order valence-corrected chi connectivity index (χ0v) is 14.3. The van der Waals surface area contributed by atoms with Crippen LogP contribution in [-0.2, 0) is 0 Å². The number of aromatic nitrogens is 2. The average molecular weight is 336 g/mol. The van der Waals surface area contributed by atoms with Crippen molar-refractivity contribution in [3.63, 3.8) is 0 Å². The fourth-order valence-corrected chi connectivity index (χ4v) is 2.65. The maximum Gasteiger partial charge on any atom is 0.258 e. The summed E-state index contributed by atoms with van der Waals surface area (Å²) in [4.78, 5) is 4.45. The second kappa shape index (κ2) is 5.92. The van der Waals surface area contributed by atoms with E-state index < -0.39 is 0 Å². The first kappa shape index (κ1) is 15.7. The largest absolute Gasteiger partial charge is 0.504 e. The Bertz CT molecular complexity index is 913. The van der Waals surface area contributed by atoms with Crippen LogP contribution in [-0.4, -0.2) is 21.9 Å². The van der Waals surface area contributed by atoms with Crippen LogP contribution in [0.25, 0.3) is 22.8 Å². The maximum absolute atomic E-state index is 10.2.